The highest BCUT2D eigenvalue weighted by atomic mass is 32.1. The molecule has 0 spiro atoms. The van der Waals surface area contributed by atoms with Gasteiger partial charge in [-0.1, -0.05) is 12.1 Å². The minimum absolute atomic E-state index is 0.277. The van der Waals surface area contributed by atoms with E-state index in [0.717, 1.165) is 5.69 Å². The van der Waals surface area contributed by atoms with Gasteiger partial charge in [-0.15, -0.1) is 0 Å². The van der Waals surface area contributed by atoms with Crippen molar-refractivity contribution in [3.63, 3.8) is 0 Å². The highest BCUT2D eigenvalue weighted by Crippen LogP contribution is 2.13. The highest BCUT2D eigenvalue weighted by molar-refractivity contribution is 7.80. The molecule has 0 amide bonds. The van der Waals surface area contributed by atoms with E-state index < -0.39 is 0 Å². The van der Waals surface area contributed by atoms with Gasteiger partial charge in [-0.2, -0.15) is 5.26 Å². The molecule has 0 atom stereocenters. The van der Waals surface area contributed by atoms with Gasteiger partial charge in [0, 0.05) is 6.04 Å². The predicted octanol–water partition coefficient (Wildman–Crippen LogP) is 2.25. The molecule has 2 N–H and O–H groups in total. The number of para-hydroxylation sites is 1. The Balaban J connectivity index is 2.73. The van der Waals surface area contributed by atoms with Crippen LogP contribution >= 0.6 is 12.2 Å². The van der Waals surface area contributed by atoms with Crippen LogP contribution in [0, 0.1) is 11.3 Å². The van der Waals surface area contributed by atoms with Crippen molar-refractivity contribution in [2.45, 2.75) is 19.9 Å². The van der Waals surface area contributed by atoms with Gasteiger partial charge in [0.2, 0.25) is 0 Å². The number of nitriles is 1. The Bertz CT molecular complexity index is 393. The molecule has 0 radical (unpaired) electrons. The first-order valence-electron chi connectivity index (χ1n) is 4.70. The number of hydrogen-bond donors (Lipinski definition) is 2. The van der Waals surface area contributed by atoms with Crippen LogP contribution < -0.4 is 10.6 Å². The largest absolute Gasteiger partial charge is 0.360 e. The van der Waals surface area contributed by atoms with Gasteiger partial charge in [0.05, 0.1) is 11.3 Å². The summed E-state index contributed by atoms with van der Waals surface area (Å²) in [6.45, 7) is 4.01. The summed E-state index contributed by atoms with van der Waals surface area (Å²) in [5, 5.41) is 15.4. The zero-order chi connectivity index (χ0) is 11.3. The Morgan fingerprint density at radius 2 is 2.07 bits per heavy atom. The van der Waals surface area contributed by atoms with Crippen molar-refractivity contribution in [2.24, 2.45) is 0 Å². The van der Waals surface area contributed by atoms with Crippen molar-refractivity contribution in [1.82, 2.24) is 5.32 Å². The molecule has 0 bridgehead atoms. The van der Waals surface area contributed by atoms with Gasteiger partial charge in [0.25, 0.3) is 0 Å². The smallest absolute Gasteiger partial charge is 0.171 e. The molecule has 0 unspecified atom stereocenters. The molecule has 0 heterocycles. The van der Waals surface area contributed by atoms with Crippen LogP contribution in [-0.2, 0) is 0 Å². The third-order valence-electron chi connectivity index (χ3n) is 1.72. The average Bonchev–Trinajstić information content (AvgIpc) is 2.17. The second-order valence-electron chi connectivity index (χ2n) is 3.41. The predicted molar refractivity (Wildman–Crippen MR) is 65.6 cm³/mol. The second-order valence-corrected chi connectivity index (χ2v) is 3.82. The topological polar surface area (TPSA) is 47.8 Å². The fourth-order valence-corrected chi connectivity index (χ4v) is 1.46. The molecule has 0 aromatic heterocycles. The molecule has 0 saturated heterocycles. The monoisotopic (exact) mass is 219 g/mol. The molecule has 0 aliphatic heterocycles. The first kappa shape index (κ1) is 11.5. The fraction of sp³-hybridized carbons (Fsp3) is 0.273. The van der Waals surface area contributed by atoms with E-state index in [1.165, 1.54) is 0 Å². The minimum Gasteiger partial charge on any atom is -0.360 e. The van der Waals surface area contributed by atoms with E-state index in [-0.39, 0.29) is 6.04 Å². The molecule has 0 fully saturated rings. The summed E-state index contributed by atoms with van der Waals surface area (Å²) in [5.74, 6) is 0. The van der Waals surface area contributed by atoms with Gasteiger partial charge in [0.15, 0.2) is 5.11 Å². The van der Waals surface area contributed by atoms with Gasteiger partial charge in [-0.05, 0) is 38.2 Å². The summed E-state index contributed by atoms with van der Waals surface area (Å²) in [5.41, 5.74) is 1.32. The van der Waals surface area contributed by atoms with Gasteiger partial charge < -0.3 is 10.6 Å². The third-order valence-corrected chi connectivity index (χ3v) is 1.94. The van der Waals surface area contributed by atoms with Gasteiger partial charge in [-0.25, -0.2) is 0 Å². The molecule has 0 aliphatic rings. The van der Waals surface area contributed by atoms with E-state index in [4.69, 9.17) is 17.5 Å². The Morgan fingerprint density at radius 3 is 2.67 bits per heavy atom. The molecule has 1 rings (SSSR count). The number of anilines is 1. The molecule has 3 nitrogen and oxygen atoms in total. The van der Waals surface area contributed by atoms with E-state index in [2.05, 4.69) is 16.7 Å². The SMILES string of the molecule is CC(C)NC(=S)Nc1ccccc1C#N. The highest BCUT2D eigenvalue weighted by Gasteiger charge is 2.03. The molecule has 4 heteroatoms. The van der Waals surface area contributed by atoms with E-state index in [0.29, 0.717) is 10.7 Å². The molecule has 1 aromatic rings. The molecule has 0 aliphatic carbocycles. The number of thiocarbonyl (C=S) groups is 1. The summed E-state index contributed by atoms with van der Waals surface area (Å²) in [7, 11) is 0. The summed E-state index contributed by atoms with van der Waals surface area (Å²) in [6.07, 6.45) is 0. The standard InChI is InChI=1S/C11H13N3S/c1-8(2)13-11(15)14-10-6-4-3-5-9(10)7-12/h3-6,8H,1-2H3,(H2,13,14,15). The van der Waals surface area contributed by atoms with E-state index in [9.17, 15) is 0 Å². The molecule has 1 aromatic carbocycles. The normalized spacial score (nSPS) is 9.47. The number of hydrogen-bond acceptors (Lipinski definition) is 2. The lowest BCUT2D eigenvalue weighted by Gasteiger charge is -2.13. The van der Waals surface area contributed by atoms with Crippen molar-refractivity contribution in [2.75, 3.05) is 5.32 Å². The Kier molecular flexibility index (Phi) is 4.07. The summed E-state index contributed by atoms with van der Waals surface area (Å²) >= 11 is 5.09. The summed E-state index contributed by atoms with van der Waals surface area (Å²) in [6, 6.07) is 9.64. The lowest BCUT2D eigenvalue weighted by Crippen LogP contribution is -2.34. The number of nitrogens with one attached hydrogen (secondary N) is 2. The number of rotatable bonds is 2. The van der Waals surface area contributed by atoms with E-state index in [1.807, 2.05) is 32.0 Å². The minimum atomic E-state index is 0.277. The van der Waals surface area contributed by atoms with Crippen LogP contribution in [0.5, 0.6) is 0 Å². The van der Waals surface area contributed by atoms with E-state index in [1.54, 1.807) is 6.07 Å². The van der Waals surface area contributed by atoms with Crippen LogP contribution in [0.3, 0.4) is 0 Å². The first-order valence-corrected chi connectivity index (χ1v) is 5.11. The maximum atomic E-state index is 8.86. The van der Waals surface area contributed by atoms with Crippen molar-refractivity contribution < 1.29 is 0 Å². The summed E-state index contributed by atoms with van der Waals surface area (Å²) < 4.78 is 0. The first-order chi connectivity index (χ1) is 7.13. The third kappa shape index (κ3) is 3.56. The van der Waals surface area contributed by atoms with Crippen LogP contribution in [0.4, 0.5) is 5.69 Å². The molecule has 0 saturated carbocycles. The zero-order valence-electron chi connectivity index (χ0n) is 8.74. The molecular formula is C11H13N3S. The van der Waals surface area contributed by atoms with Crippen LogP contribution in [0.2, 0.25) is 0 Å². The second kappa shape index (κ2) is 5.32. The lowest BCUT2D eigenvalue weighted by atomic mass is 10.2. The van der Waals surface area contributed by atoms with E-state index >= 15 is 0 Å². The molecular weight excluding hydrogens is 206 g/mol. The maximum absolute atomic E-state index is 8.86. The fourth-order valence-electron chi connectivity index (χ4n) is 1.11. The van der Waals surface area contributed by atoms with Crippen LogP contribution in [0.15, 0.2) is 24.3 Å². The van der Waals surface area contributed by atoms with Crippen LogP contribution in [0.25, 0.3) is 0 Å². The Labute approximate surface area is 95.1 Å². The number of benzene rings is 1. The van der Waals surface area contributed by atoms with Crippen molar-refractivity contribution in [3.8, 4) is 6.07 Å². The molecule has 15 heavy (non-hydrogen) atoms. The summed E-state index contributed by atoms with van der Waals surface area (Å²) in [4.78, 5) is 0. The van der Waals surface area contributed by atoms with Crippen molar-refractivity contribution in [1.29, 1.82) is 5.26 Å². The van der Waals surface area contributed by atoms with Crippen molar-refractivity contribution in [3.05, 3.63) is 29.8 Å². The van der Waals surface area contributed by atoms with Gasteiger partial charge in [-0.3, -0.25) is 0 Å². The maximum Gasteiger partial charge on any atom is 0.171 e. The van der Waals surface area contributed by atoms with Crippen LogP contribution in [0.1, 0.15) is 19.4 Å². The van der Waals surface area contributed by atoms with Crippen molar-refractivity contribution >= 4 is 23.0 Å². The lowest BCUT2D eigenvalue weighted by molar-refractivity contribution is 0.739. The van der Waals surface area contributed by atoms with Crippen LogP contribution in [-0.4, -0.2) is 11.2 Å². The van der Waals surface area contributed by atoms with Gasteiger partial charge in [0.1, 0.15) is 6.07 Å². The molecule has 78 valence electrons. The van der Waals surface area contributed by atoms with Gasteiger partial charge >= 0.3 is 0 Å². The average molecular weight is 219 g/mol. The Hall–Kier alpha value is -1.60. The zero-order valence-corrected chi connectivity index (χ0v) is 9.56. The number of nitrogens with zero attached hydrogens (tertiary/aromatic N) is 1. The Morgan fingerprint density at radius 1 is 1.40 bits per heavy atom. The quantitative estimate of drug-likeness (QED) is 0.749.